The van der Waals surface area contributed by atoms with E-state index in [-0.39, 0.29) is 5.41 Å². The first-order valence-electron chi connectivity index (χ1n) is 11.3. The second kappa shape index (κ2) is 9.05. The fraction of sp³-hybridized carbons (Fsp3) is 0.500. The summed E-state index contributed by atoms with van der Waals surface area (Å²) in [6.07, 6.45) is 1.76. The Kier molecular flexibility index (Phi) is 6.46. The highest BCUT2D eigenvalue weighted by atomic mass is 79.9. The maximum atomic E-state index is 11.9. The van der Waals surface area contributed by atoms with Crippen LogP contribution in [0.1, 0.15) is 39.7 Å². The van der Waals surface area contributed by atoms with Gasteiger partial charge in [-0.15, -0.1) is 0 Å². The molecule has 0 bridgehead atoms. The maximum Gasteiger partial charge on any atom is 0.407 e. The molecule has 1 fully saturated rings. The predicted octanol–water partition coefficient (Wildman–Crippen LogP) is 4.64. The molecule has 10 heteroatoms. The van der Waals surface area contributed by atoms with Crippen LogP contribution >= 0.6 is 15.9 Å². The number of benzene rings is 1. The Labute approximate surface area is 207 Å². The Morgan fingerprint density at radius 3 is 2.62 bits per heavy atom. The van der Waals surface area contributed by atoms with E-state index in [0.717, 1.165) is 30.1 Å². The summed E-state index contributed by atoms with van der Waals surface area (Å²) in [7, 11) is 1.65. The van der Waals surface area contributed by atoms with Crippen LogP contribution in [0.15, 0.2) is 35.1 Å². The van der Waals surface area contributed by atoms with Crippen molar-refractivity contribution in [3.8, 4) is 5.75 Å². The third kappa shape index (κ3) is 4.96. The van der Waals surface area contributed by atoms with E-state index in [2.05, 4.69) is 37.8 Å². The van der Waals surface area contributed by atoms with Gasteiger partial charge in [-0.1, -0.05) is 19.1 Å². The molecule has 3 aromatic rings. The Bertz CT molecular complexity index is 1190. The Morgan fingerprint density at radius 1 is 1.29 bits per heavy atom. The monoisotopic (exact) mass is 530 g/mol. The van der Waals surface area contributed by atoms with Crippen molar-refractivity contribution in [2.75, 3.05) is 31.6 Å². The van der Waals surface area contributed by atoms with Gasteiger partial charge in [0, 0.05) is 30.6 Å². The number of nitrogens with zero attached hydrogens (tertiary/aromatic N) is 6. The van der Waals surface area contributed by atoms with Gasteiger partial charge in [0.1, 0.15) is 17.1 Å². The number of fused-ring (bicyclic) bond motifs is 1. The van der Waals surface area contributed by atoms with Gasteiger partial charge in [0.05, 0.1) is 19.9 Å². The van der Waals surface area contributed by atoms with Gasteiger partial charge in [0.15, 0.2) is 10.3 Å². The topological polar surface area (TPSA) is 96.6 Å². The van der Waals surface area contributed by atoms with Gasteiger partial charge in [-0.2, -0.15) is 5.10 Å². The standard InChI is InChI=1S/C24H31BrN6O3/c1-23(2,3)30(22(32)33)15-24(4)10-11-29(14-24)18-12-26-19-20(25)28-31(21(19)27-18)13-16-6-8-17(34-5)9-7-16/h6-9,12H,10-11,13-15H2,1-5H3,(H,32,33). The lowest BCUT2D eigenvalue weighted by atomic mass is 9.87. The third-order valence-electron chi connectivity index (χ3n) is 6.34. The van der Waals surface area contributed by atoms with Gasteiger partial charge in [0.25, 0.3) is 0 Å². The number of halogens is 1. The molecule has 1 aliphatic rings. The number of amides is 1. The molecule has 34 heavy (non-hydrogen) atoms. The zero-order valence-electron chi connectivity index (χ0n) is 20.2. The summed E-state index contributed by atoms with van der Waals surface area (Å²) in [6.45, 7) is 10.5. The average Bonchev–Trinajstić information content (AvgIpc) is 3.32. The molecule has 1 saturated heterocycles. The molecule has 182 valence electrons. The van der Waals surface area contributed by atoms with Crippen LogP contribution in [0.2, 0.25) is 0 Å². The van der Waals surface area contributed by atoms with E-state index < -0.39 is 11.6 Å². The normalized spacial score (nSPS) is 18.5. The van der Waals surface area contributed by atoms with Crippen molar-refractivity contribution < 1.29 is 14.6 Å². The summed E-state index contributed by atoms with van der Waals surface area (Å²) < 4.78 is 7.75. The zero-order valence-corrected chi connectivity index (χ0v) is 21.8. The van der Waals surface area contributed by atoms with Crippen LogP contribution in [0.4, 0.5) is 10.6 Å². The minimum atomic E-state index is -0.888. The smallest absolute Gasteiger partial charge is 0.407 e. The summed E-state index contributed by atoms with van der Waals surface area (Å²) in [5.74, 6) is 1.58. The summed E-state index contributed by atoms with van der Waals surface area (Å²) in [5, 5.41) is 14.3. The molecule has 0 saturated carbocycles. The van der Waals surface area contributed by atoms with Gasteiger partial charge in [0.2, 0.25) is 0 Å². The molecule has 1 aliphatic heterocycles. The van der Waals surface area contributed by atoms with Gasteiger partial charge in [-0.3, -0.25) is 0 Å². The molecule has 1 unspecified atom stereocenters. The number of ether oxygens (including phenoxy) is 1. The van der Waals surface area contributed by atoms with E-state index in [1.165, 1.54) is 4.90 Å². The quantitative estimate of drug-likeness (QED) is 0.495. The lowest BCUT2D eigenvalue weighted by molar-refractivity contribution is 0.0733. The van der Waals surface area contributed by atoms with Crippen LogP contribution in [0.3, 0.4) is 0 Å². The molecule has 1 aromatic carbocycles. The molecule has 0 radical (unpaired) electrons. The highest BCUT2D eigenvalue weighted by Crippen LogP contribution is 2.35. The lowest BCUT2D eigenvalue weighted by Crippen LogP contribution is -2.50. The Hall–Kier alpha value is -2.88. The summed E-state index contributed by atoms with van der Waals surface area (Å²) in [6, 6.07) is 7.87. The van der Waals surface area contributed by atoms with Gasteiger partial charge >= 0.3 is 6.09 Å². The number of carbonyl (C=O) groups is 1. The molecule has 0 spiro atoms. The minimum Gasteiger partial charge on any atom is -0.497 e. The van der Waals surface area contributed by atoms with Crippen molar-refractivity contribution in [1.29, 1.82) is 0 Å². The molecule has 4 rings (SSSR count). The summed E-state index contributed by atoms with van der Waals surface area (Å²) >= 11 is 3.51. The summed E-state index contributed by atoms with van der Waals surface area (Å²) in [5.41, 5.74) is 1.86. The lowest BCUT2D eigenvalue weighted by Gasteiger charge is -2.39. The Balaban J connectivity index is 1.57. The second-order valence-corrected chi connectivity index (χ2v) is 11.0. The van der Waals surface area contributed by atoms with Crippen LogP contribution in [-0.2, 0) is 6.54 Å². The van der Waals surface area contributed by atoms with E-state index in [9.17, 15) is 9.90 Å². The molecule has 9 nitrogen and oxygen atoms in total. The fourth-order valence-corrected chi connectivity index (χ4v) is 4.86. The molecular formula is C24H31BrN6O3. The largest absolute Gasteiger partial charge is 0.497 e. The van der Waals surface area contributed by atoms with Crippen molar-refractivity contribution in [2.24, 2.45) is 5.41 Å². The van der Waals surface area contributed by atoms with Crippen molar-refractivity contribution in [3.63, 3.8) is 0 Å². The van der Waals surface area contributed by atoms with Crippen molar-refractivity contribution in [3.05, 3.63) is 40.6 Å². The molecule has 2 aromatic heterocycles. The summed E-state index contributed by atoms with van der Waals surface area (Å²) in [4.78, 5) is 25.1. The highest BCUT2D eigenvalue weighted by Gasteiger charge is 2.40. The predicted molar refractivity (Wildman–Crippen MR) is 135 cm³/mol. The number of carboxylic acid groups (broad SMARTS) is 1. The van der Waals surface area contributed by atoms with Gasteiger partial charge in [-0.05, 0) is 60.8 Å². The van der Waals surface area contributed by atoms with Crippen molar-refractivity contribution in [2.45, 2.75) is 46.2 Å². The first-order chi connectivity index (χ1) is 16.0. The van der Waals surface area contributed by atoms with Crippen LogP contribution in [0.5, 0.6) is 5.75 Å². The minimum absolute atomic E-state index is 0.174. The fourth-order valence-electron chi connectivity index (χ4n) is 4.38. The van der Waals surface area contributed by atoms with Gasteiger partial charge < -0.3 is 19.6 Å². The number of methoxy groups -OCH3 is 1. The third-order valence-corrected chi connectivity index (χ3v) is 6.88. The maximum absolute atomic E-state index is 11.9. The van der Waals surface area contributed by atoms with Crippen molar-refractivity contribution in [1.82, 2.24) is 24.6 Å². The zero-order chi connectivity index (χ0) is 24.7. The van der Waals surface area contributed by atoms with E-state index in [1.54, 1.807) is 13.3 Å². The number of hydrogen-bond acceptors (Lipinski definition) is 6. The molecule has 0 aliphatic carbocycles. The Morgan fingerprint density at radius 2 is 2.00 bits per heavy atom. The number of aromatic nitrogens is 4. The number of rotatable bonds is 6. The molecule has 1 N–H and O–H groups in total. The van der Waals surface area contributed by atoms with E-state index >= 15 is 0 Å². The van der Waals surface area contributed by atoms with Gasteiger partial charge in [-0.25, -0.2) is 19.4 Å². The van der Waals surface area contributed by atoms with E-state index in [4.69, 9.17) is 9.72 Å². The molecule has 1 atom stereocenters. The first kappa shape index (κ1) is 24.3. The SMILES string of the molecule is COc1ccc(Cn2nc(Br)c3ncc(N4CCC(C)(CN(C(=O)O)C(C)(C)C)C4)nc32)cc1. The first-order valence-corrected chi connectivity index (χ1v) is 12.1. The second-order valence-electron chi connectivity index (χ2n) is 10.2. The number of hydrogen-bond donors (Lipinski definition) is 1. The molecule has 3 heterocycles. The average molecular weight is 531 g/mol. The van der Waals surface area contributed by atoms with Crippen molar-refractivity contribution >= 4 is 39.0 Å². The highest BCUT2D eigenvalue weighted by molar-refractivity contribution is 9.10. The van der Waals surface area contributed by atoms with Crippen LogP contribution in [0, 0.1) is 5.41 Å². The van der Waals surface area contributed by atoms with E-state index in [0.29, 0.717) is 35.4 Å². The van der Waals surface area contributed by atoms with Crippen LogP contribution in [0.25, 0.3) is 11.2 Å². The molecular weight excluding hydrogens is 500 g/mol. The van der Waals surface area contributed by atoms with Crippen LogP contribution in [-0.4, -0.2) is 68.1 Å². The molecule has 1 amide bonds. The number of anilines is 1. The van der Waals surface area contributed by atoms with Crippen LogP contribution < -0.4 is 9.64 Å². The van der Waals surface area contributed by atoms with E-state index in [1.807, 2.05) is 49.7 Å².